The van der Waals surface area contributed by atoms with Crippen LogP contribution in [0.4, 0.5) is 5.82 Å². The second-order valence-electron chi connectivity index (χ2n) is 4.12. The van der Waals surface area contributed by atoms with Crippen molar-refractivity contribution >= 4 is 34.9 Å². The number of nitrogens with zero attached hydrogens (tertiary/aromatic N) is 1. The molecule has 0 radical (unpaired) electrons. The van der Waals surface area contributed by atoms with Crippen molar-refractivity contribution in [1.82, 2.24) is 4.98 Å². The molecule has 1 heterocycles. The van der Waals surface area contributed by atoms with E-state index < -0.39 is 0 Å². The van der Waals surface area contributed by atoms with Crippen molar-refractivity contribution in [1.29, 1.82) is 0 Å². The first kappa shape index (κ1) is 13.8. The normalized spacial score (nSPS) is 10.3. The molecule has 1 amide bonds. The topological polar surface area (TPSA) is 42.0 Å². The van der Waals surface area contributed by atoms with Gasteiger partial charge in [-0.2, -0.15) is 0 Å². The SMILES string of the molecule is Cc1cccc(NC(=O)Cc2ccc(Cl)cc2Cl)n1. The maximum Gasteiger partial charge on any atom is 0.230 e. The van der Waals surface area contributed by atoms with Crippen LogP contribution in [0, 0.1) is 6.92 Å². The Bertz CT molecular complexity index is 614. The average Bonchev–Trinajstić information content (AvgIpc) is 2.33. The quantitative estimate of drug-likeness (QED) is 0.933. The van der Waals surface area contributed by atoms with Crippen molar-refractivity contribution in [3.63, 3.8) is 0 Å². The molecular formula is C14H12Cl2N2O. The summed E-state index contributed by atoms with van der Waals surface area (Å²) < 4.78 is 0. The highest BCUT2D eigenvalue weighted by atomic mass is 35.5. The first-order chi connectivity index (χ1) is 9.04. The number of anilines is 1. The first-order valence-electron chi connectivity index (χ1n) is 5.72. The number of hydrogen-bond acceptors (Lipinski definition) is 2. The van der Waals surface area contributed by atoms with Crippen molar-refractivity contribution in [2.24, 2.45) is 0 Å². The highest BCUT2D eigenvalue weighted by molar-refractivity contribution is 6.35. The van der Waals surface area contributed by atoms with E-state index in [0.29, 0.717) is 15.9 Å². The number of aryl methyl sites for hydroxylation is 1. The molecule has 19 heavy (non-hydrogen) atoms. The minimum atomic E-state index is -0.165. The molecule has 2 rings (SSSR count). The molecule has 0 spiro atoms. The predicted octanol–water partition coefficient (Wildman–Crippen LogP) is 3.88. The van der Waals surface area contributed by atoms with Gasteiger partial charge in [0.15, 0.2) is 0 Å². The Kier molecular flexibility index (Phi) is 4.40. The fourth-order valence-electron chi connectivity index (χ4n) is 1.64. The highest BCUT2D eigenvalue weighted by Gasteiger charge is 2.08. The lowest BCUT2D eigenvalue weighted by molar-refractivity contribution is -0.115. The summed E-state index contributed by atoms with van der Waals surface area (Å²) in [7, 11) is 0. The standard InChI is InChI=1S/C14H12Cl2N2O/c1-9-3-2-4-13(17-9)18-14(19)7-10-5-6-11(15)8-12(10)16/h2-6,8H,7H2,1H3,(H,17,18,19). The summed E-state index contributed by atoms with van der Waals surface area (Å²) in [5.74, 6) is 0.373. The number of amides is 1. The van der Waals surface area contributed by atoms with Crippen LogP contribution in [0.25, 0.3) is 0 Å². The smallest absolute Gasteiger partial charge is 0.230 e. The summed E-state index contributed by atoms with van der Waals surface area (Å²) in [5.41, 5.74) is 1.58. The third-order valence-electron chi connectivity index (χ3n) is 2.52. The van der Waals surface area contributed by atoms with Gasteiger partial charge in [-0.25, -0.2) is 4.98 Å². The molecule has 0 atom stereocenters. The zero-order chi connectivity index (χ0) is 13.8. The number of hydrogen-bond donors (Lipinski definition) is 1. The summed E-state index contributed by atoms with van der Waals surface area (Å²) >= 11 is 11.8. The van der Waals surface area contributed by atoms with Crippen LogP contribution in [0.5, 0.6) is 0 Å². The van der Waals surface area contributed by atoms with E-state index in [9.17, 15) is 4.79 Å². The van der Waals surface area contributed by atoms with Crippen LogP contribution in [-0.4, -0.2) is 10.9 Å². The van der Waals surface area contributed by atoms with E-state index in [4.69, 9.17) is 23.2 Å². The number of halogens is 2. The van der Waals surface area contributed by atoms with Crippen LogP contribution in [0.3, 0.4) is 0 Å². The molecule has 0 aliphatic carbocycles. The first-order valence-corrected chi connectivity index (χ1v) is 6.47. The summed E-state index contributed by atoms with van der Waals surface area (Å²) in [6, 6.07) is 10.5. The van der Waals surface area contributed by atoms with Gasteiger partial charge in [-0.1, -0.05) is 35.3 Å². The van der Waals surface area contributed by atoms with Crippen LogP contribution >= 0.6 is 23.2 Å². The van der Waals surface area contributed by atoms with Gasteiger partial charge in [0.1, 0.15) is 5.82 Å². The molecular weight excluding hydrogens is 283 g/mol. The molecule has 0 bridgehead atoms. The third-order valence-corrected chi connectivity index (χ3v) is 3.11. The summed E-state index contributed by atoms with van der Waals surface area (Å²) in [6.45, 7) is 1.87. The molecule has 98 valence electrons. The number of aromatic nitrogens is 1. The van der Waals surface area contributed by atoms with E-state index in [2.05, 4.69) is 10.3 Å². The lowest BCUT2D eigenvalue weighted by atomic mass is 10.1. The molecule has 0 fully saturated rings. The Morgan fingerprint density at radius 2 is 2.05 bits per heavy atom. The molecule has 0 aliphatic heterocycles. The van der Waals surface area contributed by atoms with Crippen LogP contribution < -0.4 is 5.32 Å². The van der Waals surface area contributed by atoms with Crippen LogP contribution in [0.15, 0.2) is 36.4 Å². The van der Waals surface area contributed by atoms with E-state index in [1.165, 1.54) is 0 Å². The second-order valence-corrected chi connectivity index (χ2v) is 4.97. The minimum Gasteiger partial charge on any atom is -0.310 e. The number of benzene rings is 1. The van der Waals surface area contributed by atoms with Crippen molar-refractivity contribution in [2.75, 3.05) is 5.32 Å². The largest absolute Gasteiger partial charge is 0.310 e. The van der Waals surface area contributed by atoms with Gasteiger partial charge in [-0.15, -0.1) is 0 Å². The van der Waals surface area contributed by atoms with Gasteiger partial charge >= 0.3 is 0 Å². The monoisotopic (exact) mass is 294 g/mol. The van der Waals surface area contributed by atoms with E-state index >= 15 is 0 Å². The zero-order valence-electron chi connectivity index (χ0n) is 10.3. The lowest BCUT2D eigenvalue weighted by Gasteiger charge is -2.06. The van der Waals surface area contributed by atoms with E-state index in [1.54, 1.807) is 24.3 Å². The summed E-state index contributed by atoms with van der Waals surface area (Å²) in [4.78, 5) is 16.1. The summed E-state index contributed by atoms with van der Waals surface area (Å²) in [6.07, 6.45) is 0.186. The maximum atomic E-state index is 11.9. The molecule has 1 aromatic heterocycles. The van der Waals surface area contributed by atoms with Gasteiger partial charge in [0.25, 0.3) is 0 Å². The van der Waals surface area contributed by atoms with Crippen molar-refractivity contribution in [2.45, 2.75) is 13.3 Å². The number of carbonyl (C=O) groups is 1. The fourth-order valence-corrected chi connectivity index (χ4v) is 2.11. The summed E-state index contributed by atoms with van der Waals surface area (Å²) in [5, 5.41) is 3.77. The van der Waals surface area contributed by atoms with Gasteiger partial charge in [0, 0.05) is 15.7 Å². The molecule has 3 nitrogen and oxygen atoms in total. The Hall–Kier alpha value is -1.58. The molecule has 1 aromatic carbocycles. The van der Waals surface area contributed by atoms with E-state index in [1.807, 2.05) is 19.1 Å². The lowest BCUT2D eigenvalue weighted by Crippen LogP contribution is -2.15. The molecule has 0 unspecified atom stereocenters. The number of carbonyl (C=O) groups excluding carboxylic acids is 1. The Labute approximate surface area is 121 Å². The molecule has 0 saturated heterocycles. The van der Waals surface area contributed by atoms with E-state index in [-0.39, 0.29) is 12.3 Å². The Morgan fingerprint density at radius 3 is 2.74 bits per heavy atom. The van der Waals surface area contributed by atoms with Crippen LogP contribution in [0.2, 0.25) is 10.0 Å². The second kappa shape index (κ2) is 6.04. The third kappa shape index (κ3) is 3.94. The van der Waals surface area contributed by atoms with Gasteiger partial charge < -0.3 is 5.32 Å². The Balaban J connectivity index is 2.05. The molecule has 0 aliphatic rings. The fraction of sp³-hybridized carbons (Fsp3) is 0.143. The maximum absolute atomic E-state index is 11.9. The predicted molar refractivity (Wildman–Crippen MR) is 77.8 cm³/mol. The Morgan fingerprint density at radius 1 is 1.26 bits per heavy atom. The van der Waals surface area contributed by atoms with E-state index in [0.717, 1.165) is 11.3 Å². The minimum absolute atomic E-state index is 0.165. The van der Waals surface area contributed by atoms with Gasteiger partial charge in [-0.05, 0) is 36.8 Å². The van der Waals surface area contributed by atoms with Crippen LogP contribution in [-0.2, 0) is 11.2 Å². The molecule has 2 aromatic rings. The van der Waals surface area contributed by atoms with Crippen molar-refractivity contribution < 1.29 is 4.79 Å². The van der Waals surface area contributed by atoms with Crippen molar-refractivity contribution in [3.05, 3.63) is 57.7 Å². The van der Waals surface area contributed by atoms with Crippen LogP contribution in [0.1, 0.15) is 11.3 Å². The highest BCUT2D eigenvalue weighted by Crippen LogP contribution is 2.21. The van der Waals surface area contributed by atoms with Gasteiger partial charge in [0.05, 0.1) is 6.42 Å². The number of pyridine rings is 1. The number of rotatable bonds is 3. The number of nitrogens with one attached hydrogen (secondary N) is 1. The zero-order valence-corrected chi connectivity index (χ0v) is 11.8. The molecule has 0 saturated carbocycles. The molecule has 5 heteroatoms. The molecule has 1 N–H and O–H groups in total. The van der Waals surface area contributed by atoms with Gasteiger partial charge in [-0.3, -0.25) is 4.79 Å². The van der Waals surface area contributed by atoms with Gasteiger partial charge in [0.2, 0.25) is 5.91 Å². The average molecular weight is 295 g/mol. The van der Waals surface area contributed by atoms with Crippen molar-refractivity contribution in [3.8, 4) is 0 Å².